The van der Waals surface area contributed by atoms with Gasteiger partial charge < -0.3 is 15.5 Å². The van der Waals surface area contributed by atoms with Crippen LogP contribution in [0.25, 0.3) is 0 Å². The standard InChI is InChI=1S/C15H23N3O/c1-15(2,3)14(19)18-10-8-17(9-11-18)13-6-4-12(16)5-7-13/h4-7H,8-11,16H2,1-3H3. The predicted molar refractivity (Wildman–Crippen MR) is 79.1 cm³/mol. The Morgan fingerprint density at radius 1 is 1.05 bits per heavy atom. The number of hydrogen-bond donors (Lipinski definition) is 1. The van der Waals surface area contributed by atoms with Crippen LogP contribution in [0.1, 0.15) is 20.8 Å². The Balaban J connectivity index is 1.96. The van der Waals surface area contributed by atoms with Gasteiger partial charge in [0.1, 0.15) is 0 Å². The zero-order chi connectivity index (χ0) is 14.0. The summed E-state index contributed by atoms with van der Waals surface area (Å²) in [5, 5.41) is 0. The van der Waals surface area contributed by atoms with Gasteiger partial charge in [-0.15, -0.1) is 0 Å². The molecule has 0 atom stereocenters. The lowest BCUT2D eigenvalue weighted by Crippen LogP contribution is -2.51. The molecule has 0 spiro atoms. The quantitative estimate of drug-likeness (QED) is 0.786. The maximum absolute atomic E-state index is 12.2. The molecule has 1 aromatic rings. The first-order valence-corrected chi connectivity index (χ1v) is 6.78. The minimum atomic E-state index is -0.288. The number of hydrogen-bond acceptors (Lipinski definition) is 3. The average Bonchev–Trinajstić information content (AvgIpc) is 2.38. The van der Waals surface area contributed by atoms with Crippen LogP contribution in [0.4, 0.5) is 11.4 Å². The average molecular weight is 261 g/mol. The van der Waals surface area contributed by atoms with Gasteiger partial charge in [-0.2, -0.15) is 0 Å². The summed E-state index contributed by atoms with van der Waals surface area (Å²) in [4.78, 5) is 16.5. The molecule has 0 aromatic heterocycles. The molecule has 1 aromatic carbocycles. The number of carbonyl (C=O) groups excluding carboxylic acids is 1. The fourth-order valence-electron chi connectivity index (χ4n) is 2.33. The molecule has 0 saturated carbocycles. The van der Waals surface area contributed by atoms with Crippen molar-refractivity contribution >= 4 is 17.3 Å². The molecule has 104 valence electrons. The van der Waals surface area contributed by atoms with Gasteiger partial charge in [0, 0.05) is 43.0 Å². The summed E-state index contributed by atoms with van der Waals surface area (Å²) in [6.45, 7) is 9.27. The number of piperazine rings is 1. The number of nitrogens with zero attached hydrogens (tertiary/aromatic N) is 2. The van der Waals surface area contributed by atoms with Gasteiger partial charge in [-0.1, -0.05) is 20.8 Å². The lowest BCUT2D eigenvalue weighted by molar-refractivity contribution is -0.139. The van der Waals surface area contributed by atoms with Crippen molar-refractivity contribution in [3.05, 3.63) is 24.3 Å². The molecular formula is C15H23N3O. The second kappa shape index (κ2) is 5.11. The van der Waals surface area contributed by atoms with Crippen molar-refractivity contribution in [1.29, 1.82) is 0 Å². The molecule has 0 bridgehead atoms. The third-order valence-corrected chi connectivity index (χ3v) is 3.47. The fraction of sp³-hybridized carbons (Fsp3) is 0.533. The van der Waals surface area contributed by atoms with E-state index in [1.165, 1.54) is 5.69 Å². The molecule has 1 amide bonds. The second-order valence-corrected chi connectivity index (χ2v) is 6.12. The Bertz CT molecular complexity index is 439. The van der Waals surface area contributed by atoms with Gasteiger partial charge >= 0.3 is 0 Å². The summed E-state index contributed by atoms with van der Waals surface area (Å²) in [5.41, 5.74) is 7.37. The van der Waals surface area contributed by atoms with Crippen molar-refractivity contribution in [2.24, 2.45) is 5.41 Å². The van der Waals surface area contributed by atoms with Crippen molar-refractivity contribution in [1.82, 2.24) is 4.90 Å². The third-order valence-electron chi connectivity index (χ3n) is 3.47. The van der Waals surface area contributed by atoms with Gasteiger partial charge in [0.15, 0.2) is 0 Å². The van der Waals surface area contributed by atoms with Crippen LogP contribution in [-0.2, 0) is 4.79 Å². The highest BCUT2D eigenvalue weighted by atomic mass is 16.2. The van der Waals surface area contributed by atoms with E-state index in [-0.39, 0.29) is 11.3 Å². The van der Waals surface area contributed by atoms with Gasteiger partial charge in [-0.25, -0.2) is 0 Å². The molecule has 0 unspecified atom stereocenters. The molecule has 0 radical (unpaired) electrons. The van der Waals surface area contributed by atoms with E-state index in [9.17, 15) is 4.79 Å². The Kier molecular flexibility index (Phi) is 3.69. The van der Waals surface area contributed by atoms with Crippen LogP contribution in [-0.4, -0.2) is 37.0 Å². The first-order chi connectivity index (χ1) is 8.88. The highest BCUT2D eigenvalue weighted by Crippen LogP contribution is 2.21. The van der Waals surface area contributed by atoms with Crippen LogP contribution in [0, 0.1) is 5.41 Å². The summed E-state index contributed by atoms with van der Waals surface area (Å²) in [6, 6.07) is 7.91. The SMILES string of the molecule is CC(C)(C)C(=O)N1CCN(c2ccc(N)cc2)CC1. The van der Waals surface area contributed by atoms with Gasteiger partial charge in [0.2, 0.25) is 5.91 Å². The van der Waals surface area contributed by atoms with E-state index in [1.54, 1.807) is 0 Å². The summed E-state index contributed by atoms with van der Waals surface area (Å²) < 4.78 is 0. The lowest BCUT2D eigenvalue weighted by Gasteiger charge is -2.38. The molecule has 1 fully saturated rings. The number of nitrogen functional groups attached to an aromatic ring is 1. The van der Waals surface area contributed by atoms with Crippen molar-refractivity contribution in [3.63, 3.8) is 0 Å². The Labute approximate surface area is 115 Å². The lowest BCUT2D eigenvalue weighted by atomic mass is 9.94. The molecule has 2 N–H and O–H groups in total. The van der Waals surface area contributed by atoms with E-state index in [1.807, 2.05) is 49.9 Å². The molecule has 4 nitrogen and oxygen atoms in total. The van der Waals surface area contributed by atoms with E-state index in [0.717, 1.165) is 31.9 Å². The van der Waals surface area contributed by atoms with E-state index in [4.69, 9.17) is 5.73 Å². The van der Waals surface area contributed by atoms with Crippen LogP contribution in [0.2, 0.25) is 0 Å². The maximum Gasteiger partial charge on any atom is 0.228 e. The number of amides is 1. The topological polar surface area (TPSA) is 49.6 Å². The number of carbonyl (C=O) groups is 1. The van der Waals surface area contributed by atoms with Crippen molar-refractivity contribution in [2.75, 3.05) is 36.8 Å². The highest BCUT2D eigenvalue weighted by molar-refractivity contribution is 5.81. The molecule has 1 saturated heterocycles. The zero-order valence-corrected chi connectivity index (χ0v) is 12.0. The van der Waals surface area contributed by atoms with E-state index in [2.05, 4.69) is 4.90 Å². The second-order valence-electron chi connectivity index (χ2n) is 6.12. The molecule has 2 rings (SSSR count). The summed E-state index contributed by atoms with van der Waals surface area (Å²) in [5.74, 6) is 0.240. The zero-order valence-electron chi connectivity index (χ0n) is 12.0. The first kappa shape index (κ1) is 13.7. The number of nitrogens with two attached hydrogens (primary N) is 1. The van der Waals surface area contributed by atoms with Gasteiger partial charge in [-0.3, -0.25) is 4.79 Å². The minimum absolute atomic E-state index is 0.240. The number of anilines is 2. The Morgan fingerprint density at radius 2 is 1.58 bits per heavy atom. The monoisotopic (exact) mass is 261 g/mol. The highest BCUT2D eigenvalue weighted by Gasteiger charge is 2.29. The Hall–Kier alpha value is -1.71. The summed E-state index contributed by atoms with van der Waals surface area (Å²) in [6.07, 6.45) is 0. The van der Waals surface area contributed by atoms with Crippen LogP contribution in [0.5, 0.6) is 0 Å². The minimum Gasteiger partial charge on any atom is -0.399 e. The van der Waals surface area contributed by atoms with Crippen molar-refractivity contribution in [3.8, 4) is 0 Å². The maximum atomic E-state index is 12.2. The fourth-order valence-corrected chi connectivity index (χ4v) is 2.33. The number of benzene rings is 1. The van der Waals surface area contributed by atoms with Crippen LogP contribution >= 0.6 is 0 Å². The third kappa shape index (κ3) is 3.19. The van der Waals surface area contributed by atoms with Crippen LogP contribution in [0.3, 0.4) is 0 Å². The van der Waals surface area contributed by atoms with Crippen LogP contribution in [0.15, 0.2) is 24.3 Å². The van der Waals surface area contributed by atoms with E-state index in [0.29, 0.717) is 0 Å². The van der Waals surface area contributed by atoms with Crippen LogP contribution < -0.4 is 10.6 Å². The van der Waals surface area contributed by atoms with Gasteiger partial charge in [0.05, 0.1) is 0 Å². The molecule has 1 aliphatic rings. The normalized spacial score (nSPS) is 16.6. The predicted octanol–water partition coefficient (Wildman–Crippen LogP) is 1.96. The largest absolute Gasteiger partial charge is 0.399 e. The summed E-state index contributed by atoms with van der Waals surface area (Å²) in [7, 11) is 0. The van der Waals surface area contributed by atoms with Gasteiger partial charge in [0.25, 0.3) is 0 Å². The molecular weight excluding hydrogens is 238 g/mol. The van der Waals surface area contributed by atoms with E-state index >= 15 is 0 Å². The molecule has 0 aliphatic carbocycles. The molecule has 19 heavy (non-hydrogen) atoms. The molecule has 1 heterocycles. The number of rotatable bonds is 1. The molecule has 4 heteroatoms. The summed E-state index contributed by atoms with van der Waals surface area (Å²) >= 11 is 0. The smallest absolute Gasteiger partial charge is 0.228 e. The Morgan fingerprint density at radius 3 is 2.05 bits per heavy atom. The van der Waals surface area contributed by atoms with E-state index < -0.39 is 0 Å². The van der Waals surface area contributed by atoms with Gasteiger partial charge in [-0.05, 0) is 24.3 Å². The molecule has 1 aliphatic heterocycles. The van der Waals surface area contributed by atoms with Crippen molar-refractivity contribution in [2.45, 2.75) is 20.8 Å². The van der Waals surface area contributed by atoms with Crippen molar-refractivity contribution < 1.29 is 4.79 Å². The first-order valence-electron chi connectivity index (χ1n) is 6.78.